The highest BCUT2D eigenvalue weighted by Gasteiger charge is 2.34. The van der Waals surface area contributed by atoms with E-state index in [9.17, 15) is 28.1 Å². The summed E-state index contributed by atoms with van der Waals surface area (Å²) in [5, 5.41) is 16.2. The highest BCUT2D eigenvalue weighted by molar-refractivity contribution is 9.10. The van der Waals surface area contributed by atoms with E-state index in [4.69, 9.17) is 11.6 Å². The zero-order valence-corrected chi connectivity index (χ0v) is 13.8. The Hall–Kier alpha value is -2.14. The quantitative estimate of drug-likeness (QED) is 0.592. The Morgan fingerprint density at radius 3 is 2.67 bits per heavy atom. The maximum Gasteiger partial charge on any atom is 0.418 e. The van der Waals surface area contributed by atoms with Crippen LogP contribution >= 0.6 is 27.5 Å². The van der Waals surface area contributed by atoms with E-state index in [2.05, 4.69) is 26.3 Å². The van der Waals surface area contributed by atoms with Gasteiger partial charge in [-0.05, 0) is 39.1 Å². The SMILES string of the molecule is O=C(Cn1cc(Br)c([N+](=O)[O-])n1)Nc1ccc(Cl)cc1C(F)(F)F. The fraction of sp³-hybridized carbons (Fsp3) is 0.167. The van der Waals surface area contributed by atoms with E-state index in [0.717, 1.165) is 10.7 Å². The summed E-state index contributed by atoms with van der Waals surface area (Å²) >= 11 is 8.44. The lowest BCUT2D eigenvalue weighted by Crippen LogP contribution is -2.21. The highest BCUT2D eigenvalue weighted by Crippen LogP contribution is 2.36. The summed E-state index contributed by atoms with van der Waals surface area (Å²) < 4.78 is 39.8. The average Bonchev–Trinajstić information content (AvgIpc) is 2.80. The van der Waals surface area contributed by atoms with Gasteiger partial charge in [0.2, 0.25) is 5.91 Å². The first-order valence-corrected chi connectivity index (χ1v) is 7.29. The average molecular weight is 428 g/mol. The first-order chi connectivity index (χ1) is 11.1. The van der Waals surface area contributed by atoms with Crippen molar-refractivity contribution < 1.29 is 22.9 Å². The van der Waals surface area contributed by atoms with E-state index in [-0.39, 0.29) is 9.50 Å². The Kier molecular flexibility index (Phi) is 5.13. The van der Waals surface area contributed by atoms with Crippen LogP contribution in [-0.4, -0.2) is 20.6 Å². The number of carbonyl (C=O) groups excluding carboxylic acids is 1. The van der Waals surface area contributed by atoms with Gasteiger partial charge in [-0.15, -0.1) is 0 Å². The molecule has 0 saturated carbocycles. The summed E-state index contributed by atoms with van der Waals surface area (Å²) in [5.41, 5.74) is -1.58. The van der Waals surface area contributed by atoms with Crippen LogP contribution in [-0.2, 0) is 17.5 Å². The number of carbonyl (C=O) groups is 1. The summed E-state index contributed by atoms with van der Waals surface area (Å²) in [6.45, 7) is -0.508. The molecular weight excluding hydrogens is 421 g/mol. The van der Waals surface area contributed by atoms with Crippen molar-refractivity contribution in [3.8, 4) is 0 Å². The molecule has 1 heterocycles. The van der Waals surface area contributed by atoms with Crippen LogP contribution in [0.5, 0.6) is 0 Å². The standard InChI is InChI=1S/C12H7BrClF3N4O3/c13-8-4-20(19-11(8)21(23)24)5-10(22)18-9-2-1-6(14)3-7(9)12(15,16)17/h1-4H,5H2,(H,18,22). The van der Waals surface area contributed by atoms with Crippen molar-refractivity contribution in [2.24, 2.45) is 0 Å². The van der Waals surface area contributed by atoms with Gasteiger partial charge in [-0.1, -0.05) is 11.6 Å². The molecule has 0 bridgehead atoms. The second kappa shape index (κ2) is 6.77. The predicted molar refractivity (Wildman–Crippen MR) is 81.7 cm³/mol. The molecule has 0 fully saturated rings. The molecule has 0 radical (unpaired) electrons. The summed E-state index contributed by atoms with van der Waals surface area (Å²) in [4.78, 5) is 21.8. The molecule has 1 amide bonds. The number of hydrogen-bond acceptors (Lipinski definition) is 4. The monoisotopic (exact) mass is 426 g/mol. The second-order valence-electron chi connectivity index (χ2n) is 4.49. The molecule has 0 aliphatic carbocycles. The number of nitrogens with one attached hydrogen (secondary N) is 1. The zero-order chi connectivity index (χ0) is 18.1. The van der Waals surface area contributed by atoms with Gasteiger partial charge in [0.15, 0.2) is 0 Å². The van der Waals surface area contributed by atoms with Crippen molar-refractivity contribution in [2.75, 3.05) is 5.32 Å². The Balaban J connectivity index is 2.19. The van der Waals surface area contributed by atoms with E-state index >= 15 is 0 Å². The maximum absolute atomic E-state index is 12.9. The molecule has 0 spiro atoms. The van der Waals surface area contributed by atoms with Crippen molar-refractivity contribution in [1.29, 1.82) is 0 Å². The minimum absolute atomic E-state index is 0.0442. The van der Waals surface area contributed by atoms with Gasteiger partial charge in [0.1, 0.15) is 11.0 Å². The normalized spacial score (nSPS) is 11.4. The Labute approximate surface area is 145 Å². The third-order valence-corrected chi connectivity index (χ3v) is 3.53. The van der Waals surface area contributed by atoms with Crippen LogP contribution in [0.25, 0.3) is 0 Å². The molecule has 0 unspecified atom stereocenters. The molecule has 12 heteroatoms. The minimum Gasteiger partial charge on any atom is -0.358 e. The van der Waals surface area contributed by atoms with Gasteiger partial charge < -0.3 is 15.4 Å². The molecule has 24 heavy (non-hydrogen) atoms. The first kappa shape index (κ1) is 18.2. The number of nitrogens with zero attached hydrogens (tertiary/aromatic N) is 3. The number of alkyl halides is 3. The van der Waals surface area contributed by atoms with E-state index < -0.39 is 40.6 Å². The molecular formula is C12H7BrClF3N4O3. The third kappa shape index (κ3) is 4.23. The smallest absolute Gasteiger partial charge is 0.358 e. The van der Waals surface area contributed by atoms with Crippen molar-refractivity contribution in [2.45, 2.75) is 12.7 Å². The predicted octanol–water partition coefficient (Wildman–Crippen LogP) is 3.86. The largest absolute Gasteiger partial charge is 0.418 e. The molecule has 0 aliphatic rings. The van der Waals surface area contributed by atoms with Gasteiger partial charge in [0, 0.05) is 5.02 Å². The van der Waals surface area contributed by atoms with Gasteiger partial charge >= 0.3 is 12.0 Å². The summed E-state index contributed by atoms with van der Waals surface area (Å²) in [6, 6.07) is 2.90. The lowest BCUT2D eigenvalue weighted by Gasteiger charge is -2.13. The topological polar surface area (TPSA) is 90.1 Å². The van der Waals surface area contributed by atoms with Crippen molar-refractivity contribution >= 4 is 44.9 Å². The van der Waals surface area contributed by atoms with Crippen molar-refractivity contribution in [1.82, 2.24) is 9.78 Å². The number of nitro groups is 1. The fourth-order valence-electron chi connectivity index (χ4n) is 1.79. The van der Waals surface area contributed by atoms with Crippen LogP contribution in [0.15, 0.2) is 28.9 Å². The molecule has 0 atom stereocenters. The molecule has 1 aromatic carbocycles. The van der Waals surface area contributed by atoms with E-state index in [1.165, 1.54) is 12.3 Å². The van der Waals surface area contributed by atoms with Crippen molar-refractivity contribution in [3.63, 3.8) is 0 Å². The number of benzene rings is 1. The van der Waals surface area contributed by atoms with Gasteiger partial charge in [0.25, 0.3) is 0 Å². The Morgan fingerprint density at radius 2 is 2.12 bits per heavy atom. The summed E-state index contributed by atoms with van der Waals surface area (Å²) in [6.07, 6.45) is -3.54. The third-order valence-electron chi connectivity index (χ3n) is 2.74. The van der Waals surface area contributed by atoms with Crippen LogP contribution in [0.3, 0.4) is 0 Å². The van der Waals surface area contributed by atoms with Crippen LogP contribution in [0.2, 0.25) is 5.02 Å². The molecule has 2 rings (SSSR count). The van der Waals surface area contributed by atoms with E-state index in [1.54, 1.807) is 0 Å². The number of rotatable bonds is 4. The lowest BCUT2D eigenvalue weighted by molar-refractivity contribution is -0.390. The van der Waals surface area contributed by atoms with Gasteiger partial charge in [0.05, 0.1) is 22.5 Å². The number of aromatic nitrogens is 2. The number of hydrogen-bond donors (Lipinski definition) is 1. The molecule has 1 aromatic heterocycles. The zero-order valence-electron chi connectivity index (χ0n) is 11.5. The van der Waals surface area contributed by atoms with E-state index in [0.29, 0.717) is 6.07 Å². The van der Waals surface area contributed by atoms with Crippen LogP contribution < -0.4 is 5.32 Å². The minimum atomic E-state index is -4.71. The lowest BCUT2D eigenvalue weighted by atomic mass is 10.1. The molecule has 0 aliphatic heterocycles. The Bertz CT molecular complexity index is 809. The maximum atomic E-state index is 12.9. The van der Waals surface area contributed by atoms with Crippen molar-refractivity contribution in [3.05, 3.63) is 49.6 Å². The number of amides is 1. The Morgan fingerprint density at radius 1 is 1.46 bits per heavy atom. The number of anilines is 1. The van der Waals surface area contributed by atoms with E-state index in [1.807, 2.05) is 0 Å². The summed E-state index contributed by atoms with van der Waals surface area (Å²) in [5.74, 6) is -1.35. The fourth-order valence-corrected chi connectivity index (χ4v) is 2.42. The second-order valence-corrected chi connectivity index (χ2v) is 5.78. The summed E-state index contributed by atoms with van der Waals surface area (Å²) in [7, 11) is 0. The van der Waals surface area contributed by atoms with Gasteiger partial charge in [-0.3, -0.25) is 4.79 Å². The van der Waals surface area contributed by atoms with Crippen LogP contribution in [0.1, 0.15) is 5.56 Å². The molecule has 1 N–H and O–H groups in total. The first-order valence-electron chi connectivity index (χ1n) is 6.12. The molecule has 0 saturated heterocycles. The molecule has 2 aromatic rings. The molecule has 128 valence electrons. The van der Waals surface area contributed by atoms with Crippen LogP contribution in [0.4, 0.5) is 24.7 Å². The van der Waals surface area contributed by atoms with Crippen LogP contribution in [0, 0.1) is 10.1 Å². The van der Waals surface area contributed by atoms with Gasteiger partial charge in [-0.25, -0.2) is 0 Å². The highest BCUT2D eigenvalue weighted by atomic mass is 79.9. The van der Waals surface area contributed by atoms with Gasteiger partial charge in [-0.2, -0.15) is 17.9 Å². The molecule has 7 nitrogen and oxygen atoms in total. The number of halogens is 5.